The van der Waals surface area contributed by atoms with Crippen molar-refractivity contribution in [3.63, 3.8) is 0 Å². The molecule has 4 aromatic rings. The summed E-state index contributed by atoms with van der Waals surface area (Å²) < 4.78 is 77.1. The van der Waals surface area contributed by atoms with E-state index in [2.05, 4.69) is 10.3 Å². The number of Topliss-reactive ketones (excluding diaryl/α,β-unsaturated/α-hetero) is 1. The number of carbonyl (C=O) groups is 8. The van der Waals surface area contributed by atoms with E-state index in [-0.39, 0.29) is 60.4 Å². The summed E-state index contributed by atoms with van der Waals surface area (Å²) >= 11 is 0. The lowest BCUT2D eigenvalue weighted by atomic mass is 9.44. The van der Waals surface area contributed by atoms with Gasteiger partial charge in [0.15, 0.2) is 23.6 Å². The molecule has 93 heavy (non-hydrogen) atoms. The Morgan fingerprint density at radius 1 is 0.828 bits per heavy atom. The fourth-order valence-corrected chi connectivity index (χ4v) is 15.2. The summed E-state index contributed by atoms with van der Waals surface area (Å²) in [6.07, 6.45) is -16.5. The van der Waals surface area contributed by atoms with Gasteiger partial charge in [-0.05, 0) is 73.7 Å². The fourth-order valence-electron chi connectivity index (χ4n) is 13.3. The fraction of sp³-hybridized carbons (Fsp3) is 0.508. The number of unbranched alkanes of at least 4 members (excludes halogenated alkanes) is 1. The van der Waals surface area contributed by atoms with Gasteiger partial charge >= 0.3 is 47.4 Å². The predicted molar refractivity (Wildman–Crippen MR) is 325 cm³/mol. The zero-order valence-electron chi connectivity index (χ0n) is 51.6. The van der Waals surface area contributed by atoms with Crippen LogP contribution in [0.25, 0.3) is 0 Å². The van der Waals surface area contributed by atoms with E-state index in [9.17, 15) is 62.8 Å². The first-order valence-electron chi connectivity index (χ1n) is 30.1. The van der Waals surface area contributed by atoms with E-state index >= 15 is 9.59 Å². The maximum atomic E-state index is 15.9. The van der Waals surface area contributed by atoms with E-state index < -0.39 is 168 Å². The van der Waals surface area contributed by atoms with Gasteiger partial charge in [-0.1, -0.05) is 102 Å². The number of ketones is 1. The van der Waals surface area contributed by atoms with Crippen molar-refractivity contribution < 1.29 is 105 Å². The zero-order chi connectivity index (χ0) is 67.4. The second-order valence-corrected chi connectivity index (χ2v) is 27.0. The second kappa shape index (κ2) is 28.6. The number of amides is 1. The highest BCUT2D eigenvalue weighted by Crippen LogP contribution is 2.64. The molecule has 3 aromatic carbocycles. The van der Waals surface area contributed by atoms with Gasteiger partial charge in [0, 0.05) is 61.8 Å². The van der Waals surface area contributed by atoms with Gasteiger partial charge in [0.2, 0.25) is 12.3 Å². The van der Waals surface area contributed by atoms with Crippen LogP contribution >= 0.6 is 21.6 Å². The van der Waals surface area contributed by atoms with Gasteiger partial charge < -0.3 is 63.6 Å². The van der Waals surface area contributed by atoms with Gasteiger partial charge in [0.25, 0.3) is 5.91 Å². The number of aromatic nitrogens is 2. The minimum absolute atomic E-state index is 0.0130. The highest BCUT2D eigenvalue weighted by Gasteiger charge is 2.78. The molecule has 14 atom stereocenters. The number of nitrogens with one attached hydrogen (secondary N) is 1. The third-order valence-electron chi connectivity index (χ3n) is 18.1. The summed E-state index contributed by atoms with van der Waals surface area (Å²) in [5, 5.41) is 48.3. The molecule has 4 fully saturated rings. The first-order chi connectivity index (χ1) is 44.1. The summed E-state index contributed by atoms with van der Waals surface area (Å²) in [6, 6.07) is 23.5. The first kappa shape index (κ1) is 69.9. The third-order valence-corrected chi connectivity index (χ3v) is 20.6. The average molecular weight is 1330 g/mol. The van der Waals surface area contributed by atoms with Gasteiger partial charge in [-0.15, -0.1) is 0 Å². The quantitative estimate of drug-likeness (QED) is 0.0201. The van der Waals surface area contributed by atoms with Crippen LogP contribution in [0.15, 0.2) is 119 Å². The standard InChI is InChI=1S/C65H73F2N3O21S2/c1-35-42(32-64(83)55(90-57(80)40-22-14-9-15-23-40)52-62(6,44(74)31-45-63(52,34-85-45)91-37(3)73)54(78)50(86-36(2)72)48(35)61(64,4)5)87-58(81)51(49(38-18-10-7-11-19-38)69-56(79)39-20-12-8-13-21-39)89-46(75)24-16-17-28-92-93-29-27-84-47(76)30-41-25-26-70(60(82)68-41)59-65(66,67)53(77)43(33-71)88-59/h7-15,18-23,25-26,42-45,49-53,55,59,71,74,77,83H,16-17,24,27-34H2,1-6H3,(H,69,79)/t42-,43?,44-,45+,49-,50+,51+,52-,53?,55-,59?,62+,63-,64+/m0/s1. The van der Waals surface area contributed by atoms with E-state index in [1.807, 2.05) is 0 Å². The van der Waals surface area contributed by atoms with Crippen LogP contribution in [0.5, 0.6) is 0 Å². The molecular weight excluding hydrogens is 1260 g/mol. The Labute approximate surface area is 540 Å². The topological polar surface area (TPSA) is 338 Å². The summed E-state index contributed by atoms with van der Waals surface area (Å²) in [5.41, 5.74) is -9.07. The molecule has 2 saturated heterocycles. The van der Waals surface area contributed by atoms with Crippen LogP contribution in [-0.4, -0.2) is 175 Å². The molecule has 500 valence electrons. The lowest BCUT2D eigenvalue weighted by molar-refractivity contribution is -0.346. The minimum atomic E-state index is -3.92. The number of halogens is 2. The monoisotopic (exact) mass is 1330 g/mol. The SMILES string of the molecule is CC(=O)O[C@H]1C(=O)[C@@]2(C)[C@H]([C@H](OC(=O)c3ccccc3)[C@]3(O)C[C@H](OC(=O)[C@H](OC(=O)CCCCSSCCOC(=O)Cc4ccn(C5OC(CO)C(O)C5(F)F)c(=O)n4)[C@@H](NC(=O)c4ccccc4)c4ccccc4)C(C)=C1C3(C)C)[C@]1(OC(C)=O)CO[C@@H]1C[C@@H]2O. The number of fused-ring (bicyclic) bond motifs is 5. The summed E-state index contributed by atoms with van der Waals surface area (Å²) in [5.74, 6) is -12.0. The van der Waals surface area contributed by atoms with E-state index in [0.717, 1.165) is 26.1 Å². The van der Waals surface area contributed by atoms with Crippen LogP contribution in [0, 0.1) is 16.7 Å². The maximum absolute atomic E-state index is 15.9. The van der Waals surface area contributed by atoms with Crippen LogP contribution in [0.4, 0.5) is 8.78 Å². The Balaban J connectivity index is 0.945. The average Bonchev–Trinajstić information content (AvgIpc) is 1.02. The van der Waals surface area contributed by atoms with Crippen molar-refractivity contribution in [1.29, 1.82) is 0 Å². The van der Waals surface area contributed by atoms with E-state index in [4.69, 9.17) is 37.9 Å². The normalized spacial score (nSPS) is 28.9. The van der Waals surface area contributed by atoms with Gasteiger partial charge in [-0.25, -0.2) is 14.4 Å². The maximum Gasteiger partial charge on any atom is 0.350 e. The number of hydrogen-bond acceptors (Lipinski definition) is 24. The first-order valence-corrected chi connectivity index (χ1v) is 32.6. The Morgan fingerprint density at radius 3 is 2.08 bits per heavy atom. The molecule has 2 saturated carbocycles. The zero-order valence-corrected chi connectivity index (χ0v) is 53.3. The van der Waals surface area contributed by atoms with Crippen LogP contribution in [-0.2, 0) is 73.1 Å². The summed E-state index contributed by atoms with van der Waals surface area (Å²) in [6.45, 7) is 6.74. The highest BCUT2D eigenvalue weighted by molar-refractivity contribution is 8.76. The van der Waals surface area contributed by atoms with Crippen molar-refractivity contribution in [1.82, 2.24) is 14.9 Å². The molecule has 1 amide bonds. The summed E-state index contributed by atoms with van der Waals surface area (Å²) in [7, 11) is 2.74. The largest absolute Gasteiger partial charge is 0.464 e. The molecule has 5 N–H and O–H groups in total. The molecule has 3 unspecified atom stereocenters. The molecule has 5 aliphatic rings. The molecule has 0 radical (unpaired) electrons. The van der Waals surface area contributed by atoms with Crippen LogP contribution < -0.4 is 11.0 Å². The van der Waals surface area contributed by atoms with Gasteiger partial charge in [0.1, 0.15) is 42.7 Å². The van der Waals surface area contributed by atoms with Crippen LogP contribution in [0.3, 0.4) is 0 Å². The molecule has 24 nitrogen and oxygen atoms in total. The van der Waals surface area contributed by atoms with Gasteiger partial charge in [-0.3, -0.25) is 33.3 Å². The number of hydrogen-bond donors (Lipinski definition) is 5. The number of nitrogens with zero attached hydrogens (tertiary/aromatic N) is 2. The summed E-state index contributed by atoms with van der Waals surface area (Å²) in [4.78, 5) is 130. The highest BCUT2D eigenvalue weighted by atomic mass is 33.1. The molecule has 1 aromatic heterocycles. The van der Waals surface area contributed by atoms with Crippen molar-refractivity contribution in [2.24, 2.45) is 16.7 Å². The predicted octanol–water partition coefficient (Wildman–Crippen LogP) is 5.07. The number of ether oxygens (including phenoxy) is 8. The molecule has 3 heterocycles. The number of benzene rings is 3. The van der Waals surface area contributed by atoms with E-state index in [0.29, 0.717) is 28.1 Å². The van der Waals surface area contributed by atoms with Gasteiger partial charge in [-0.2, -0.15) is 13.8 Å². The number of alkyl halides is 2. The molecule has 2 aliphatic heterocycles. The van der Waals surface area contributed by atoms with Crippen molar-refractivity contribution >= 4 is 69.1 Å². The second-order valence-electron chi connectivity index (χ2n) is 24.3. The number of carbonyl (C=O) groups excluding carboxylic acids is 8. The van der Waals surface area contributed by atoms with Crippen molar-refractivity contribution in [2.45, 2.75) is 158 Å². The molecular formula is C65H73F2N3O21S2. The number of aliphatic hydroxyl groups excluding tert-OH is 3. The van der Waals surface area contributed by atoms with Gasteiger partial charge in [0.05, 0.1) is 48.3 Å². The molecule has 3 aliphatic carbocycles. The lowest BCUT2D eigenvalue weighted by Crippen LogP contribution is -2.82. The van der Waals surface area contributed by atoms with E-state index in [1.54, 1.807) is 66.7 Å². The van der Waals surface area contributed by atoms with Crippen molar-refractivity contribution in [2.75, 3.05) is 31.3 Å². The number of aliphatic hydroxyl groups is 4. The molecule has 2 bridgehead atoms. The van der Waals surface area contributed by atoms with E-state index in [1.165, 1.54) is 73.5 Å². The Morgan fingerprint density at radius 2 is 1.47 bits per heavy atom. The molecule has 0 spiro atoms. The van der Waals surface area contributed by atoms with Crippen molar-refractivity contribution in [3.05, 3.63) is 147 Å². The van der Waals surface area contributed by atoms with Crippen LogP contribution in [0.2, 0.25) is 0 Å². The lowest BCUT2D eigenvalue weighted by Gasteiger charge is -2.67. The molecule has 28 heteroatoms. The third kappa shape index (κ3) is 14.0. The number of rotatable bonds is 24. The Hall–Kier alpha value is -7.44. The number of esters is 6. The van der Waals surface area contributed by atoms with Crippen molar-refractivity contribution in [3.8, 4) is 0 Å². The Kier molecular flexibility index (Phi) is 21.5. The Bertz CT molecular complexity index is 3550. The smallest absolute Gasteiger partial charge is 0.350 e. The minimum Gasteiger partial charge on any atom is -0.464 e. The molecule has 9 rings (SSSR count). The van der Waals surface area contributed by atoms with Crippen LogP contribution in [0.1, 0.15) is 118 Å².